The standard InChI is InChI=1S/C35H43N5O/c1-21-14-26-16-24(27-18-32-34(37-20-27)39-22(2)38-32)7-8-33(26)41-13-10-23(21)15-25-17-31(30-6-5-12-36-30)40-29-9-11-35(3,4)19-28(25)29/h7-8,16-18,20-21,23,30,36H,5-6,9-15,19H2,1-4H3,(H,37,38,39). The van der Waals surface area contributed by atoms with Crippen LogP contribution in [0.15, 0.2) is 36.5 Å². The quantitative estimate of drug-likeness (QED) is 0.284. The molecule has 0 radical (unpaired) electrons. The number of nitrogens with zero attached hydrogens (tertiary/aromatic N) is 3. The Morgan fingerprint density at radius 2 is 1.98 bits per heavy atom. The lowest BCUT2D eigenvalue weighted by Gasteiger charge is -2.34. The van der Waals surface area contributed by atoms with Gasteiger partial charge in [0.15, 0.2) is 5.65 Å². The number of aromatic amines is 1. The van der Waals surface area contributed by atoms with Gasteiger partial charge in [0.05, 0.1) is 17.8 Å². The molecule has 214 valence electrons. The Labute approximate surface area is 243 Å². The summed E-state index contributed by atoms with van der Waals surface area (Å²) < 4.78 is 6.41. The molecule has 1 saturated heterocycles. The van der Waals surface area contributed by atoms with Gasteiger partial charge in [0, 0.05) is 23.5 Å². The first kappa shape index (κ1) is 26.6. The van der Waals surface area contributed by atoms with Gasteiger partial charge < -0.3 is 15.0 Å². The number of aryl methyl sites for hydroxylation is 2. The fourth-order valence-electron chi connectivity index (χ4n) is 7.39. The van der Waals surface area contributed by atoms with E-state index in [-0.39, 0.29) is 0 Å². The molecule has 3 aromatic heterocycles. The lowest BCUT2D eigenvalue weighted by atomic mass is 9.72. The summed E-state index contributed by atoms with van der Waals surface area (Å²) in [5.41, 5.74) is 11.4. The SMILES string of the molecule is Cc1nc2ncc(-c3ccc4c(c3)CC(C)C(Cc3cc(C5CCCN5)nc5c3CC(C)(C)CC5)CCO4)cc2[nH]1. The number of ether oxygens (including phenoxy) is 1. The van der Waals surface area contributed by atoms with Gasteiger partial charge >= 0.3 is 0 Å². The van der Waals surface area contributed by atoms with Crippen LogP contribution in [0.4, 0.5) is 0 Å². The molecular weight excluding hydrogens is 506 g/mol. The van der Waals surface area contributed by atoms with E-state index in [4.69, 9.17) is 9.72 Å². The number of nitrogens with one attached hydrogen (secondary N) is 2. The van der Waals surface area contributed by atoms with E-state index in [1.165, 1.54) is 47.3 Å². The van der Waals surface area contributed by atoms with Crippen molar-refractivity contribution in [2.45, 2.75) is 85.1 Å². The van der Waals surface area contributed by atoms with Gasteiger partial charge in [-0.05, 0) is 129 Å². The third-order valence-electron chi connectivity index (χ3n) is 9.86. The topological polar surface area (TPSA) is 75.7 Å². The van der Waals surface area contributed by atoms with E-state index in [0.717, 1.165) is 73.6 Å². The Morgan fingerprint density at radius 1 is 1.07 bits per heavy atom. The van der Waals surface area contributed by atoms with Crippen LogP contribution in [0.25, 0.3) is 22.3 Å². The van der Waals surface area contributed by atoms with Crippen molar-refractivity contribution in [1.82, 2.24) is 25.3 Å². The largest absolute Gasteiger partial charge is 0.493 e. The van der Waals surface area contributed by atoms with Crippen molar-refractivity contribution in [3.05, 3.63) is 70.4 Å². The van der Waals surface area contributed by atoms with E-state index in [2.05, 4.69) is 71.4 Å². The molecular formula is C35H43N5O. The molecule has 0 bridgehead atoms. The highest BCUT2D eigenvalue weighted by molar-refractivity contribution is 5.78. The Hall–Kier alpha value is -3.25. The number of H-pyrrole nitrogens is 1. The molecule has 2 aliphatic heterocycles. The highest BCUT2D eigenvalue weighted by Gasteiger charge is 2.32. The Morgan fingerprint density at radius 3 is 2.83 bits per heavy atom. The molecule has 0 spiro atoms. The van der Waals surface area contributed by atoms with Crippen LogP contribution in [0.3, 0.4) is 0 Å². The fourth-order valence-corrected chi connectivity index (χ4v) is 7.39. The van der Waals surface area contributed by atoms with Crippen LogP contribution >= 0.6 is 0 Å². The number of aromatic nitrogens is 4. The van der Waals surface area contributed by atoms with Crippen LogP contribution in [0.1, 0.15) is 86.4 Å². The predicted molar refractivity (Wildman–Crippen MR) is 164 cm³/mol. The third-order valence-corrected chi connectivity index (χ3v) is 9.86. The molecule has 1 aliphatic carbocycles. The first-order valence-electron chi connectivity index (χ1n) is 15.6. The Kier molecular flexibility index (Phi) is 6.85. The average Bonchev–Trinajstić information content (AvgIpc) is 3.61. The molecule has 1 aromatic carbocycles. The maximum atomic E-state index is 6.41. The Balaban J connectivity index is 1.17. The Bertz CT molecular complexity index is 1580. The molecule has 41 heavy (non-hydrogen) atoms. The number of rotatable bonds is 4. The van der Waals surface area contributed by atoms with E-state index >= 15 is 0 Å². The molecule has 6 heteroatoms. The van der Waals surface area contributed by atoms with Crippen molar-refractivity contribution in [3.8, 4) is 16.9 Å². The molecule has 6 nitrogen and oxygen atoms in total. The van der Waals surface area contributed by atoms with Crippen LogP contribution in [-0.4, -0.2) is 33.1 Å². The minimum atomic E-state index is 0.342. The maximum Gasteiger partial charge on any atom is 0.177 e. The second-order valence-electron chi connectivity index (χ2n) is 13.6. The van der Waals surface area contributed by atoms with E-state index in [1.807, 2.05) is 13.1 Å². The van der Waals surface area contributed by atoms with Crippen molar-refractivity contribution >= 4 is 11.2 Å². The summed E-state index contributed by atoms with van der Waals surface area (Å²) in [7, 11) is 0. The number of benzene rings is 1. The molecule has 2 N–H and O–H groups in total. The van der Waals surface area contributed by atoms with Gasteiger partial charge in [-0.3, -0.25) is 4.98 Å². The average molecular weight is 550 g/mol. The second-order valence-corrected chi connectivity index (χ2v) is 13.6. The third kappa shape index (κ3) is 5.39. The summed E-state index contributed by atoms with van der Waals surface area (Å²) in [6.07, 6.45) is 11.1. The molecule has 3 aliphatic rings. The van der Waals surface area contributed by atoms with Gasteiger partial charge in [-0.1, -0.05) is 26.8 Å². The summed E-state index contributed by atoms with van der Waals surface area (Å²) in [5, 5.41) is 3.70. The van der Waals surface area contributed by atoms with E-state index in [9.17, 15) is 0 Å². The zero-order valence-electron chi connectivity index (χ0n) is 25.0. The summed E-state index contributed by atoms with van der Waals surface area (Å²) >= 11 is 0. The van der Waals surface area contributed by atoms with Crippen LogP contribution in [-0.2, 0) is 25.7 Å². The van der Waals surface area contributed by atoms with Crippen LogP contribution in [0.5, 0.6) is 5.75 Å². The fraction of sp³-hybridized carbons (Fsp3) is 0.514. The van der Waals surface area contributed by atoms with E-state index < -0.39 is 0 Å². The second kappa shape index (κ2) is 10.5. The molecule has 3 unspecified atom stereocenters. The number of hydrogen-bond donors (Lipinski definition) is 2. The molecule has 0 saturated carbocycles. The van der Waals surface area contributed by atoms with Crippen molar-refractivity contribution in [2.24, 2.45) is 17.3 Å². The lowest BCUT2D eigenvalue weighted by molar-refractivity contribution is 0.220. The molecule has 5 heterocycles. The van der Waals surface area contributed by atoms with Crippen molar-refractivity contribution in [2.75, 3.05) is 13.2 Å². The van der Waals surface area contributed by atoms with Crippen molar-refractivity contribution in [3.63, 3.8) is 0 Å². The smallest absolute Gasteiger partial charge is 0.177 e. The minimum Gasteiger partial charge on any atom is -0.493 e. The molecule has 1 fully saturated rings. The highest BCUT2D eigenvalue weighted by atomic mass is 16.5. The summed E-state index contributed by atoms with van der Waals surface area (Å²) in [5.74, 6) is 3.04. The first-order valence-corrected chi connectivity index (χ1v) is 15.6. The summed E-state index contributed by atoms with van der Waals surface area (Å²) in [6, 6.07) is 11.7. The van der Waals surface area contributed by atoms with Gasteiger partial charge in [-0.25, -0.2) is 9.97 Å². The highest BCUT2D eigenvalue weighted by Crippen LogP contribution is 2.40. The molecule has 7 rings (SSSR count). The van der Waals surface area contributed by atoms with Gasteiger partial charge in [0.25, 0.3) is 0 Å². The van der Waals surface area contributed by atoms with Gasteiger partial charge in [-0.15, -0.1) is 0 Å². The summed E-state index contributed by atoms with van der Waals surface area (Å²) in [6.45, 7) is 11.1. The van der Waals surface area contributed by atoms with Crippen molar-refractivity contribution < 1.29 is 4.74 Å². The predicted octanol–water partition coefficient (Wildman–Crippen LogP) is 7.09. The zero-order chi connectivity index (χ0) is 28.1. The van der Waals surface area contributed by atoms with E-state index in [0.29, 0.717) is 23.3 Å². The number of imidazole rings is 1. The molecule has 0 amide bonds. The van der Waals surface area contributed by atoms with E-state index in [1.54, 1.807) is 5.56 Å². The number of hydrogen-bond acceptors (Lipinski definition) is 5. The van der Waals surface area contributed by atoms with Gasteiger partial charge in [-0.2, -0.15) is 0 Å². The molecule has 4 aromatic rings. The normalized spacial score (nSPS) is 23.9. The zero-order valence-corrected chi connectivity index (χ0v) is 25.0. The minimum absolute atomic E-state index is 0.342. The lowest BCUT2D eigenvalue weighted by Crippen LogP contribution is -2.28. The van der Waals surface area contributed by atoms with Gasteiger partial charge in [0.1, 0.15) is 11.6 Å². The summed E-state index contributed by atoms with van der Waals surface area (Å²) in [4.78, 5) is 17.6. The number of pyridine rings is 2. The number of fused-ring (bicyclic) bond motifs is 3. The molecule has 3 atom stereocenters. The van der Waals surface area contributed by atoms with Crippen LogP contribution < -0.4 is 10.1 Å². The van der Waals surface area contributed by atoms with Crippen LogP contribution in [0, 0.1) is 24.2 Å². The van der Waals surface area contributed by atoms with Gasteiger partial charge in [0.2, 0.25) is 0 Å². The monoisotopic (exact) mass is 549 g/mol. The van der Waals surface area contributed by atoms with Crippen LogP contribution in [0.2, 0.25) is 0 Å². The van der Waals surface area contributed by atoms with Crippen molar-refractivity contribution in [1.29, 1.82) is 0 Å². The maximum absolute atomic E-state index is 6.41. The first-order chi connectivity index (χ1) is 19.8.